The maximum atomic E-state index is 13.3. The summed E-state index contributed by atoms with van der Waals surface area (Å²) in [4.78, 5) is 88.4. The van der Waals surface area contributed by atoms with Crippen LogP contribution in [-0.4, -0.2) is 69.9 Å². The monoisotopic (exact) mass is 830 g/mol. The van der Waals surface area contributed by atoms with Crippen molar-refractivity contribution in [1.29, 1.82) is 0 Å². The lowest BCUT2D eigenvalue weighted by molar-refractivity contribution is -0.123. The second-order valence-corrected chi connectivity index (χ2v) is 13.7. The van der Waals surface area contributed by atoms with E-state index >= 15 is 0 Å². The van der Waals surface area contributed by atoms with Crippen LogP contribution in [-0.2, 0) is 14.4 Å². The standard InChI is InChI=1S/C44H42N6O11/c1-24(2)60-38-34(22-21-33(37(38)52)42(56)47-30-19-13-28(14-20-30)44(58)59)49-40(54)26-11-17-31(18-12-26)48-43(57)35(23-36(45)51)50-41(55)27-9-15-29(16-10-27)46-39(53)25(3)61-32-7-5-4-6-8-32/h4-22,24-25,35,52H,23H2,1-3H3,(H2,45,51)(H,46,53)(H,47,56)(H,48,57)(H,49,54)(H,50,55)(H,58,59). The van der Waals surface area contributed by atoms with Crippen molar-refractivity contribution in [2.45, 2.75) is 45.4 Å². The highest BCUT2D eigenvalue weighted by molar-refractivity contribution is 6.10. The third kappa shape index (κ3) is 12.2. The molecule has 0 spiro atoms. The number of phenols is 1. The molecule has 314 valence electrons. The number of anilines is 4. The second-order valence-electron chi connectivity index (χ2n) is 13.7. The number of phenolic OH excluding ortho intramolecular Hbond substituents is 1. The summed E-state index contributed by atoms with van der Waals surface area (Å²) in [5.74, 6) is -5.44. The first-order valence-electron chi connectivity index (χ1n) is 18.7. The van der Waals surface area contributed by atoms with Crippen molar-refractivity contribution < 1.29 is 53.2 Å². The highest BCUT2D eigenvalue weighted by Gasteiger charge is 2.25. The number of rotatable bonds is 17. The van der Waals surface area contributed by atoms with Crippen LogP contribution in [0.2, 0.25) is 0 Å². The average molecular weight is 831 g/mol. The Morgan fingerprint density at radius 1 is 0.590 bits per heavy atom. The average Bonchev–Trinajstić information content (AvgIpc) is 3.22. The molecule has 0 aliphatic heterocycles. The maximum absolute atomic E-state index is 13.3. The predicted molar refractivity (Wildman–Crippen MR) is 225 cm³/mol. The molecule has 17 heteroatoms. The smallest absolute Gasteiger partial charge is 0.335 e. The minimum absolute atomic E-state index is 0.0223. The number of amides is 6. The van der Waals surface area contributed by atoms with Gasteiger partial charge in [-0.25, -0.2) is 4.79 Å². The van der Waals surface area contributed by atoms with Gasteiger partial charge in [0.2, 0.25) is 11.8 Å². The van der Waals surface area contributed by atoms with Crippen molar-refractivity contribution >= 4 is 64.2 Å². The van der Waals surface area contributed by atoms with Gasteiger partial charge in [0.15, 0.2) is 17.6 Å². The van der Waals surface area contributed by atoms with Gasteiger partial charge in [-0.15, -0.1) is 0 Å². The summed E-state index contributed by atoms with van der Waals surface area (Å²) in [6.45, 7) is 4.95. The molecule has 0 aromatic heterocycles. The van der Waals surface area contributed by atoms with E-state index in [9.17, 15) is 38.7 Å². The number of benzene rings is 5. The number of carboxylic acid groups (broad SMARTS) is 1. The molecule has 2 atom stereocenters. The molecule has 0 fully saturated rings. The molecule has 0 saturated carbocycles. The SMILES string of the molecule is CC(C)Oc1c(NC(=O)c2ccc(NC(=O)C(CC(N)=O)NC(=O)c3ccc(NC(=O)C(C)Oc4ccccc4)cc3)cc2)ccc(C(=O)Nc2ccc(C(=O)O)cc2)c1O. The number of aromatic carboxylic acids is 1. The summed E-state index contributed by atoms with van der Waals surface area (Å²) in [5, 5.41) is 33.2. The molecule has 17 nitrogen and oxygen atoms in total. The Morgan fingerprint density at radius 3 is 1.66 bits per heavy atom. The Morgan fingerprint density at radius 2 is 1.11 bits per heavy atom. The molecule has 5 aromatic rings. The molecule has 9 N–H and O–H groups in total. The zero-order valence-electron chi connectivity index (χ0n) is 33.1. The van der Waals surface area contributed by atoms with E-state index in [4.69, 9.17) is 20.3 Å². The van der Waals surface area contributed by atoms with Gasteiger partial charge in [-0.05, 0) is 118 Å². The van der Waals surface area contributed by atoms with E-state index in [0.29, 0.717) is 11.4 Å². The Hall–Kier alpha value is -8.21. The van der Waals surface area contributed by atoms with Crippen molar-refractivity contribution in [3.63, 3.8) is 0 Å². The lowest BCUT2D eigenvalue weighted by Crippen LogP contribution is -2.46. The molecular weight excluding hydrogens is 789 g/mol. The summed E-state index contributed by atoms with van der Waals surface area (Å²) < 4.78 is 11.4. The Balaban J connectivity index is 1.20. The lowest BCUT2D eigenvalue weighted by atomic mass is 10.1. The normalized spacial score (nSPS) is 11.6. The number of hydrogen-bond acceptors (Lipinski definition) is 10. The highest BCUT2D eigenvalue weighted by atomic mass is 16.5. The third-order valence-electron chi connectivity index (χ3n) is 8.65. The highest BCUT2D eigenvalue weighted by Crippen LogP contribution is 2.39. The molecule has 0 radical (unpaired) electrons. The molecule has 0 aliphatic carbocycles. The molecule has 0 saturated heterocycles. The number of ether oxygens (including phenoxy) is 2. The van der Waals surface area contributed by atoms with Crippen LogP contribution in [0.15, 0.2) is 115 Å². The van der Waals surface area contributed by atoms with Gasteiger partial charge in [0.05, 0.1) is 29.3 Å². The minimum Gasteiger partial charge on any atom is -0.504 e. The molecule has 0 heterocycles. The first-order chi connectivity index (χ1) is 29.1. The van der Waals surface area contributed by atoms with Crippen LogP contribution < -0.4 is 41.8 Å². The summed E-state index contributed by atoms with van der Waals surface area (Å²) in [5.41, 5.74) is 6.40. The third-order valence-corrected chi connectivity index (χ3v) is 8.65. The van der Waals surface area contributed by atoms with Crippen molar-refractivity contribution in [3.8, 4) is 17.2 Å². The van der Waals surface area contributed by atoms with Gasteiger partial charge in [-0.2, -0.15) is 0 Å². The van der Waals surface area contributed by atoms with E-state index in [0.717, 1.165) is 0 Å². The molecule has 5 aromatic carbocycles. The van der Waals surface area contributed by atoms with Crippen LogP contribution in [0.5, 0.6) is 17.2 Å². The van der Waals surface area contributed by atoms with Gasteiger partial charge in [0.25, 0.3) is 23.6 Å². The molecule has 2 unspecified atom stereocenters. The summed E-state index contributed by atoms with van der Waals surface area (Å²) in [7, 11) is 0. The van der Waals surface area contributed by atoms with E-state index in [1.54, 1.807) is 45.0 Å². The van der Waals surface area contributed by atoms with Crippen LogP contribution in [0.4, 0.5) is 22.7 Å². The predicted octanol–water partition coefficient (Wildman–Crippen LogP) is 5.40. The van der Waals surface area contributed by atoms with Crippen molar-refractivity contribution in [3.05, 3.63) is 138 Å². The van der Waals surface area contributed by atoms with Crippen LogP contribution in [0, 0.1) is 0 Å². The van der Waals surface area contributed by atoms with Crippen LogP contribution in [0.3, 0.4) is 0 Å². The van der Waals surface area contributed by atoms with Gasteiger partial charge >= 0.3 is 5.97 Å². The van der Waals surface area contributed by atoms with E-state index < -0.39 is 71.8 Å². The first kappa shape index (κ1) is 43.9. The van der Waals surface area contributed by atoms with Crippen LogP contribution in [0.1, 0.15) is 68.6 Å². The molecule has 61 heavy (non-hydrogen) atoms. The number of carboxylic acids is 1. The number of para-hydroxylation sites is 1. The van der Waals surface area contributed by atoms with E-state index in [1.165, 1.54) is 84.9 Å². The zero-order valence-corrected chi connectivity index (χ0v) is 33.1. The van der Waals surface area contributed by atoms with Gasteiger partial charge < -0.3 is 52.0 Å². The first-order valence-corrected chi connectivity index (χ1v) is 18.7. The van der Waals surface area contributed by atoms with Gasteiger partial charge in [-0.1, -0.05) is 18.2 Å². The number of carbonyl (C=O) groups excluding carboxylic acids is 6. The lowest BCUT2D eigenvalue weighted by Gasteiger charge is -2.19. The Kier molecular flexibility index (Phi) is 14.4. The molecule has 0 bridgehead atoms. The van der Waals surface area contributed by atoms with Crippen LogP contribution in [0.25, 0.3) is 0 Å². The minimum atomic E-state index is -1.38. The summed E-state index contributed by atoms with van der Waals surface area (Å²) >= 11 is 0. The van der Waals surface area contributed by atoms with E-state index in [2.05, 4.69) is 26.6 Å². The Bertz CT molecular complexity index is 2420. The fourth-order valence-corrected chi connectivity index (χ4v) is 5.59. The number of aromatic hydroxyl groups is 1. The number of hydrogen-bond donors (Lipinski definition) is 8. The molecule has 0 aliphatic rings. The van der Waals surface area contributed by atoms with Crippen molar-refractivity contribution in [2.75, 3.05) is 21.3 Å². The van der Waals surface area contributed by atoms with Crippen LogP contribution >= 0.6 is 0 Å². The largest absolute Gasteiger partial charge is 0.504 e. The quantitative estimate of drug-likeness (QED) is 0.0588. The van der Waals surface area contributed by atoms with Gasteiger partial charge in [0.1, 0.15) is 11.8 Å². The van der Waals surface area contributed by atoms with Gasteiger partial charge in [0, 0.05) is 28.2 Å². The summed E-state index contributed by atoms with van der Waals surface area (Å²) in [6.07, 6.45) is -1.82. The topological polar surface area (TPSA) is 265 Å². The second kappa shape index (κ2) is 20.0. The number of carbonyl (C=O) groups is 7. The van der Waals surface area contributed by atoms with Gasteiger partial charge in [-0.3, -0.25) is 28.8 Å². The molecule has 6 amide bonds. The number of primary amides is 1. The molecule has 5 rings (SSSR count). The Labute approximate surface area is 349 Å². The fourth-order valence-electron chi connectivity index (χ4n) is 5.59. The van der Waals surface area contributed by atoms with E-state index in [1.807, 2.05) is 6.07 Å². The number of nitrogens with one attached hydrogen (secondary N) is 5. The maximum Gasteiger partial charge on any atom is 0.335 e. The van der Waals surface area contributed by atoms with E-state index in [-0.39, 0.29) is 45.1 Å². The fraction of sp³-hybridized carbons (Fsp3) is 0.159. The molecular formula is C44H42N6O11. The van der Waals surface area contributed by atoms with Crippen molar-refractivity contribution in [2.24, 2.45) is 5.73 Å². The zero-order chi connectivity index (χ0) is 44.2. The number of nitrogens with two attached hydrogens (primary N) is 1. The summed E-state index contributed by atoms with van der Waals surface area (Å²) in [6, 6.07) is 26.9. The van der Waals surface area contributed by atoms with Crippen molar-refractivity contribution in [1.82, 2.24) is 5.32 Å².